The Morgan fingerprint density at radius 1 is 1.35 bits per heavy atom. The average molecular weight is 389 g/mol. The molecule has 7 nitrogen and oxygen atoms in total. The molecular formula is C17H9ClN2O5S. The number of rotatable bonds is 4. The first-order chi connectivity index (χ1) is 12.4. The second-order valence-corrected chi connectivity index (χ2v) is 6.50. The van der Waals surface area contributed by atoms with E-state index in [1.807, 2.05) is 0 Å². The number of thioether (sulfide) groups is 1. The lowest BCUT2D eigenvalue weighted by molar-refractivity contribution is -0.384. The number of benzene rings is 1. The lowest BCUT2D eigenvalue weighted by atomic mass is 10.1. The van der Waals surface area contributed by atoms with E-state index in [0.717, 1.165) is 16.7 Å². The predicted octanol–water partition coefficient (Wildman–Crippen LogP) is 4.18. The molecule has 9 heteroatoms. The molecule has 1 aromatic carbocycles. The molecule has 1 aliphatic heterocycles. The van der Waals surface area contributed by atoms with Gasteiger partial charge in [-0.15, -0.1) is 6.42 Å². The summed E-state index contributed by atoms with van der Waals surface area (Å²) in [7, 11) is 0. The third kappa shape index (κ3) is 3.35. The summed E-state index contributed by atoms with van der Waals surface area (Å²) < 4.78 is 5.61. The van der Waals surface area contributed by atoms with Crippen LogP contribution in [0, 0.1) is 22.5 Å². The quantitative estimate of drug-likeness (QED) is 0.337. The van der Waals surface area contributed by atoms with E-state index in [-0.39, 0.29) is 22.2 Å². The van der Waals surface area contributed by atoms with Gasteiger partial charge in [-0.1, -0.05) is 17.5 Å². The van der Waals surface area contributed by atoms with Crippen LogP contribution in [-0.4, -0.2) is 27.5 Å². The molecule has 26 heavy (non-hydrogen) atoms. The molecule has 2 amide bonds. The number of hydrogen-bond acceptors (Lipinski definition) is 6. The lowest BCUT2D eigenvalue weighted by Gasteiger charge is -2.06. The monoisotopic (exact) mass is 388 g/mol. The van der Waals surface area contributed by atoms with Crippen molar-refractivity contribution in [3.8, 4) is 23.7 Å². The van der Waals surface area contributed by atoms with E-state index < -0.39 is 16.1 Å². The second kappa shape index (κ2) is 7.07. The number of terminal acetylenes is 1. The van der Waals surface area contributed by atoms with Gasteiger partial charge in [0.2, 0.25) is 0 Å². The minimum Gasteiger partial charge on any atom is -0.457 e. The van der Waals surface area contributed by atoms with E-state index in [0.29, 0.717) is 17.1 Å². The molecule has 2 heterocycles. The molecule has 3 rings (SSSR count). The van der Waals surface area contributed by atoms with Crippen molar-refractivity contribution >= 4 is 46.3 Å². The number of furan rings is 1. The van der Waals surface area contributed by atoms with Crippen molar-refractivity contribution in [3.05, 3.63) is 56.1 Å². The molecule has 0 radical (unpaired) electrons. The maximum atomic E-state index is 12.1. The van der Waals surface area contributed by atoms with Gasteiger partial charge in [0, 0.05) is 23.8 Å². The zero-order valence-electron chi connectivity index (χ0n) is 13.0. The molecule has 1 saturated heterocycles. The van der Waals surface area contributed by atoms with E-state index >= 15 is 0 Å². The van der Waals surface area contributed by atoms with Crippen LogP contribution in [0.15, 0.2) is 39.7 Å². The smallest absolute Gasteiger partial charge is 0.294 e. The molecule has 1 aliphatic rings. The number of amides is 2. The van der Waals surface area contributed by atoms with Gasteiger partial charge in [0.05, 0.1) is 21.4 Å². The SMILES string of the molecule is C#CCN1C(=O)SC(=Cc2ccc(-c3cc([N+](=O)[O-])ccc3Cl)o2)C1=O. The molecule has 1 aromatic heterocycles. The lowest BCUT2D eigenvalue weighted by Crippen LogP contribution is -2.28. The summed E-state index contributed by atoms with van der Waals surface area (Å²) in [4.78, 5) is 35.4. The third-order valence-electron chi connectivity index (χ3n) is 3.45. The summed E-state index contributed by atoms with van der Waals surface area (Å²) in [6.45, 7) is -0.102. The van der Waals surface area contributed by atoms with Crippen LogP contribution in [0.1, 0.15) is 5.76 Å². The Hall–Kier alpha value is -3.02. The van der Waals surface area contributed by atoms with Gasteiger partial charge in [-0.2, -0.15) is 0 Å². The van der Waals surface area contributed by atoms with Gasteiger partial charge in [-0.25, -0.2) is 0 Å². The molecule has 0 aliphatic carbocycles. The summed E-state index contributed by atoms with van der Waals surface area (Å²) >= 11 is 6.84. The van der Waals surface area contributed by atoms with Gasteiger partial charge in [-0.3, -0.25) is 24.6 Å². The maximum Gasteiger partial charge on any atom is 0.294 e. The van der Waals surface area contributed by atoms with E-state index in [9.17, 15) is 19.7 Å². The minimum atomic E-state index is -0.537. The summed E-state index contributed by atoms with van der Waals surface area (Å²) in [5.41, 5.74) is 0.221. The molecule has 130 valence electrons. The third-order valence-corrected chi connectivity index (χ3v) is 4.69. The largest absolute Gasteiger partial charge is 0.457 e. The highest BCUT2D eigenvalue weighted by Gasteiger charge is 2.34. The number of halogens is 1. The van der Waals surface area contributed by atoms with Crippen LogP contribution in [0.25, 0.3) is 17.4 Å². The van der Waals surface area contributed by atoms with Gasteiger partial charge in [0.15, 0.2) is 0 Å². The van der Waals surface area contributed by atoms with Gasteiger partial charge in [-0.05, 0) is 30.0 Å². The molecule has 0 saturated carbocycles. The molecule has 0 unspecified atom stereocenters. The second-order valence-electron chi connectivity index (χ2n) is 5.10. The Labute approximate surface area is 156 Å². The van der Waals surface area contributed by atoms with Crippen molar-refractivity contribution in [1.82, 2.24) is 4.90 Å². The van der Waals surface area contributed by atoms with Crippen molar-refractivity contribution in [1.29, 1.82) is 0 Å². The van der Waals surface area contributed by atoms with E-state index in [1.54, 1.807) is 12.1 Å². The predicted molar refractivity (Wildman–Crippen MR) is 97.3 cm³/mol. The number of carbonyl (C=O) groups excluding carboxylic acids is 2. The molecule has 0 atom stereocenters. The fourth-order valence-corrected chi connectivity index (χ4v) is 3.28. The Morgan fingerprint density at radius 2 is 2.12 bits per heavy atom. The van der Waals surface area contributed by atoms with Crippen LogP contribution >= 0.6 is 23.4 Å². The van der Waals surface area contributed by atoms with Crippen LogP contribution in [0.3, 0.4) is 0 Å². The zero-order chi connectivity index (χ0) is 18.8. The van der Waals surface area contributed by atoms with E-state index in [4.69, 9.17) is 22.4 Å². The number of imide groups is 1. The highest BCUT2D eigenvalue weighted by Crippen LogP contribution is 2.35. The molecule has 0 N–H and O–H groups in total. The number of nitro benzene ring substituents is 1. The van der Waals surface area contributed by atoms with E-state index in [2.05, 4.69) is 5.92 Å². The Bertz CT molecular complexity index is 1000. The van der Waals surface area contributed by atoms with Crippen molar-refractivity contribution in [2.75, 3.05) is 6.54 Å². The fourth-order valence-electron chi connectivity index (χ4n) is 2.25. The van der Waals surface area contributed by atoms with Crippen molar-refractivity contribution in [2.45, 2.75) is 0 Å². The first-order valence-electron chi connectivity index (χ1n) is 7.13. The number of hydrogen-bond donors (Lipinski definition) is 0. The maximum absolute atomic E-state index is 12.1. The molecule has 2 aromatic rings. The highest BCUT2D eigenvalue weighted by molar-refractivity contribution is 8.18. The topological polar surface area (TPSA) is 93.7 Å². The van der Waals surface area contributed by atoms with Gasteiger partial charge >= 0.3 is 0 Å². The zero-order valence-corrected chi connectivity index (χ0v) is 14.5. The number of nitro groups is 1. The first-order valence-corrected chi connectivity index (χ1v) is 8.33. The summed E-state index contributed by atoms with van der Waals surface area (Å²) in [5.74, 6) is 2.35. The summed E-state index contributed by atoms with van der Waals surface area (Å²) in [6.07, 6.45) is 6.56. The number of non-ortho nitro benzene ring substituents is 1. The van der Waals surface area contributed by atoms with Gasteiger partial charge < -0.3 is 4.42 Å². The fraction of sp³-hybridized carbons (Fsp3) is 0.0588. The molecule has 1 fully saturated rings. The van der Waals surface area contributed by atoms with Gasteiger partial charge in [0.25, 0.3) is 16.8 Å². The highest BCUT2D eigenvalue weighted by atomic mass is 35.5. The van der Waals surface area contributed by atoms with Crippen LogP contribution < -0.4 is 0 Å². The number of carbonyl (C=O) groups is 2. The Morgan fingerprint density at radius 3 is 2.81 bits per heavy atom. The van der Waals surface area contributed by atoms with Crippen LogP contribution in [-0.2, 0) is 4.79 Å². The van der Waals surface area contributed by atoms with Crippen molar-refractivity contribution in [2.24, 2.45) is 0 Å². The molecule has 0 bridgehead atoms. The summed E-state index contributed by atoms with van der Waals surface area (Å²) in [6, 6.07) is 7.13. The molecule has 0 spiro atoms. The molecular weight excluding hydrogens is 380 g/mol. The Balaban J connectivity index is 1.91. The number of nitrogens with zero attached hydrogens (tertiary/aromatic N) is 2. The van der Waals surface area contributed by atoms with Crippen molar-refractivity contribution in [3.63, 3.8) is 0 Å². The average Bonchev–Trinajstić information content (AvgIpc) is 3.16. The summed E-state index contributed by atoms with van der Waals surface area (Å²) in [5, 5.41) is 10.7. The minimum absolute atomic E-state index is 0.102. The Kier molecular flexibility index (Phi) is 4.84. The van der Waals surface area contributed by atoms with Crippen LogP contribution in [0.4, 0.5) is 10.5 Å². The van der Waals surface area contributed by atoms with Crippen LogP contribution in [0.5, 0.6) is 0 Å². The van der Waals surface area contributed by atoms with Gasteiger partial charge in [0.1, 0.15) is 11.5 Å². The first kappa shape index (κ1) is 17.8. The normalized spacial score (nSPS) is 15.5. The van der Waals surface area contributed by atoms with E-state index in [1.165, 1.54) is 24.3 Å². The standard InChI is InChI=1S/C17H9ClN2O5S/c1-2-7-19-16(21)15(26-17(19)22)9-11-4-6-14(25-11)12-8-10(20(23)24)3-5-13(12)18/h1,3-6,8-9H,7H2. The van der Waals surface area contributed by atoms with Crippen LogP contribution in [0.2, 0.25) is 5.02 Å². The van der Waals surface area contributed by atoms with Crippen molar-refractivity contribution < 1.29 is 18.9 Å².